The zero-order valence-electron chi connectivity index (χ0n) is 11.8. The maximum absolute atomic E-state index is 11.6. The third-order valence-electron chi connectivity index (χ3n) is 3.81. The second kappa shape index (κ2) is 5.15. The van der Waals surface area contributed by atoms with E-state index in [0.29, 0.717) is 13.0 Å². The number of nitrogens with zero attached hydrogens (tertiary/aromatic N) is 3. The number of aromatic nitrogens is 2. The predicted molar refractivity (Wildman–Crippen MR) is 73.3 cm³/mol. The number of hydrogen-bond acceptors (Lipinski definition) is 4. The third-order valence-corrected chi connectivity index (χ3v) is 3.81. The summed E-state index contributed by atoms with van der Waals surface area (Å²) < 4.78 is 0. The van der Waals surface area contributed by atoms with E-state index < -0.39 is 11.4 Å². The van der Waals surface area contributed by atoms with E-state index in [-0.39, 0.29) is 0 Å². The summed E-state index contributed by atoms with van der Waals surface area (Å²) in [6.07, 6.45) is 2.31. The standard InChI is InChI=1S/C14H21N3O2/c1-4-5-14(13(18)19)6-7-17(9-14)12-8-10(2)15-11(3)16-12/h8H,4-7,9H2,1-3H3,(H,18,19). The molecule has 0 spiro atoms. The van der Waals surface area contributed by atoms with Gasteiger partial charge in [0.05, 0.1) is 5.41 Å². The molecule has 1 aromatic rings. The molecular formula is C14H21N3O2. The molecule has 1 fully saturated rings. The van der Waals surface area contributed by atoms with Crippen molar-refractivity contribution in [3.63, 3.8) is 0 Å². The molecule has 5 heteroatoms. The van der Waals surface area contributed by atoms with Gasteiger partial charge in [-0.1, -0.05) is 13.3 Å². The molecule has 2 heterocycles. The van der Waals surface area contributed by atoms with Crippen LogP contribution in [0.3, 0.4) is 0 Å². The van der Waals surface area contributed by atoms with E-state index in [4.69, 9.17) is 0 Å². The first-order valence-electron chi connectivity index (χ1n) is 6.77. The minimum absolute atomic E-state index is 0.548. The van der Waals surface area contributed by atoms with Gasteiger partial charge in [-0.05, 0) is 26.7 Å². The molecule has 1 saturated heterocycles. The predicted octanol–water partition coefficient (Wildman–Crippen LogP) is 2.17. The van der Waals surface area contributed by atoms with Gasteiger partial charge in [-0.25, -0.2) is 9.97 Å². The summed E-state index contributed by atoms with van der Waals surface area (Å²) in [4.78, 5) is 22.3. The maximum atomic E-state index is 11.6. The normalized spacial score (nSPS) is 22.8. The molecule has 1 aliphatic rings. The fourth-order valence-corrected chi connectivity index (χ4v) is 2.89. The van der Waals surface area contributed by atoms with Crippen molar-refractivity contribution in [3.8, 4) is 0 Å². The van der Waals surface area contributed by atoms with Crippen molar-refractivity contribution >= 4 is 11.8 Å². The Hall–Kier alpha value is -1.65. The van der Waals surface area contributed by atoms with Crippen LogP contribution in [0.2, 0.25) is 0 Å². The zero-order valence-corrected chi connectivity index (χ0v) is 11.8. The third kappa shape index (κ3) is 2.69. The summed E-state index contributed by atoms with van der Waals surface area (Å²) >= 11 is 0. The molecule has 0 radical (unpaired) electrons. The maximum Gasteiger partial charge on any atom is 0.311 e. The van der Waals surface area contributed by atoms with Crippen LogP contribution in [-0.2, 0) is 4.79 Å². The SMILES string of the molecule is CCCC1(C(=O)O)CCN(c2cc(C)nc(C)n2)C1. The van der Waals surface area contributed by atoms with Crippen LogP contribution in [0.25, 0.3) is 0 Å². The number of aryl methyl sites for hydroxylation is 2. The van der Waals surface area contributed by atoms with E-state index in [1.807, 2.05) is 26.8 Å². The Balaban J connectivity index is 2.23. The molecule has 0 saturated carbocycles. The second-order valence-corrected chi connectivity index (χ2v) is 5.42. The molecule has 104 valence electrons. The summed E-state index contributed by atoms with van der Waals surface area (Å²) in [6, 6.07) is 1.93. The molecule has 1 aromatic heterocycles. The Morgan fingerprint density at radius 2 is 2.21 bits per heavy atom. The summed E-state index contributed by atoms with van der Waals surface area (Å²) in [7, 11) is 0. The van der Waals surface area contributed by atoms with Crippen LogP contribution in [0.5, 0.6) is 0 Å². The second-order valence-electron chi connectivity index (χ2n) is 5.42. The summed E-state index contributed by atoms with van der Waals surface area (Å²) in [5.41, 5.74) is 0.312. The van der Waals surface area contributed by atoms with Crippen LogP contribution in [-0.4, -0.2) is 34.1 Å². The fourth-order valence-electron chi connectivity index (χ4n) is 2.89. The lowest BCUT2D eigenvalue weighted by Crippen LogP contribution is -2.35. The highest BCUT2D eigenvalue weighted by Gasteiger charge is 2.44. The fraction of sp³-hybridized carbons (Fsp3) is 0.643. The van der Waals surface area contributed by atoms with Gasteiger partial charge in [-0.15, -0.1) is 0 Å². The lowest BCUT2D eigenvalue weighted by molar-refractivity contribution is -0.148. The van der Waals surface area contributed by atoms with Crippen LogP contribution >= 0.6 is 0 Å². The molecule has 2 rings (SSSR count). The Labute approximate surface area is 113 Å². The van der Waals surface area contributed by atoms with Gasteiger partial charge in [0, 0.05) is 24.8 Å². The molecule has 1 aliphatic heterocycles. The molecule has 19 heavy (non-hydrogen) atoms. The number of anilines is 1. The number of aliphatic carboxylic acids is 1. The molecular weight excluding hydrogens is 242 g/mol. The van der Waals surface area contributed by atoms with Crippen LogP contribution in [0, 0.1) is 19.3 Å². The minimum Gasteiger partial charge on any atom is -0.481 e. The molecule has 0 aromatic carbocycles. The molecule has 1 unspecified atom stereocenters. The largest absolute Gasteiger partial charge is 0.481 e. The van der Waals surface area contributed by atoms with Gasteiger partial charge in [0.1, 0.15) is 11.6 Å². The number of carbonyl (C=O) groups is 1. The summed E-state index contributed by atoms with van der Waals surface area (Å²) in [6.45, 7) is 7.13. The van der Waals surface area contributed by atoms with Crippen molar-refractivity contribution in [3.05, 3.63) is 17.6 Å². The van der Waals surface area contributed by atoms with Crippen molar-refractivity contribution in [2.24, 2.45) is 5.41 Å². The van der Waals surface area contributed by atoms with E-state index in [2.05, 4.69) is 14.9 Å². The first-order chi connectivity index (χ1) is 8.97. The van der Waals surface area contributed by atoms with Crippen LogP contribution in [0.15, 0.2) is 6.07 Å². The van der Waals surface area contributed by atoms with Gasteiger partial charge in [0.25, 0.3) is 0 Å². The first kappa shape index (κ1) is 13.8. The Morgan fingerprint density at radius 3 is 2.79 bits per heavy atom. The van der Waals surface area contributed by atoms with Gasteiger partial charge < -0.3 is 10.0 Å². The van der Waals surface area contributed by atoms with E-state index in [1.54, 1.807) is 0 Å². The van der Waals surface area contributed by atoms with Crippen molar-refractivity contribution in [1.29, 1.82) is 0 Å². The molecule has 0 bridgehead atoms. The van der Waals surface area contributed by atoms with Gasteiger partial charge in [-0.3, -0.25) is 4.79 Å². The van der Waals surface area contributed by atoms with Crippen molar-refractivity contribution < 1.29 is 9.90 Å². The highest BCUT2D eigenvalue weighted by molar-refractivity contribution is 5.76. The smallest absolute Gasteiger partial charge is 0.311 e. The van der Waals surface area contributed by atoms with E-state index in [9.17, 15) is 9.90 Å². The zero-order chi connectivity index (χ0) is 14.0. The lowest BCUT2D eigenvalue weighted by atomic mass is 9.83. The summed E-state index contributed by atoms with van der Waals surface area (Å²) in [5, 5.41) is 9.51. The molecule has 0 aliphatic carbocycles. The minimum atomic E-state index is -0.681. The average Bonchev–Trinajstić information content (AvgIpc) is 2.74. The monoisotopic (exact) mass is 263 g/mol. The van der Waals surface area contributed by atoms with Gasteiger partial charge >= 0.3 is 5.97 Å². The van der Waals surface area contributed by atoms with Crippen molar-refractivity contribution in [2.75, 3.05) is 18.0 Å². The highest BCUT2D eigenvalue weighted by Crippen LogP contribution is 2.37. The Kier molecular flexibility index (Phi) is 3.73. The average molecular weight is 263 g/mol. The summed E-state index contributed by atoms with van der Waals surface area (Å²) in [5.74, 6) is 0.905. The van der Waals surface area contributed by atoms with Crippen molar-refractivity contribution in [1.82, 2.24) is 9.97 Å². The first-order valence-corrected chi connectivity index (χ1v) is 6.77. The van der Waals surface area contributed by atoms with Crippen molar-refractivity contribution in [2.45, 2.75) is 40.0 Å². The van der Waals surface area contributed by atoms with Crippen LogP contribution in [0.1, 0.15) is 37.7 Å². The van der Waals surface area contributed by atoms with E-state index in [1.165, 1.54) is 0 Å². The number of hydrogen-bond donors (Lipinski definition) is 1. The van der Waals surface area contributed by atoms with Crippen LogP contribution < -0.4 is 4.90 Å². The van der Waals surface area contributed by atoms with Gasteiger partial charge in [0.2, 0.25) is 0 Å². The molecule has 5 nitrogen and oxygen atoms in total. The highest BCUT2D eigenvalue weighted by atomic mass is 16.4. The Morgan fingerprint density at radius 1 is 1.47 bits per heavy atom. The van der Waals surface area contributed by atoms with E-state index in [0.717, 1.165) is 36.7 Å². The number of carboxylic acid groups (broad SMARTS) is 1. The number of rotatable bonds is 4. The Bertz CT molecular complexity index is 469. The number of carboxylic acids is 1. The quantitative estimate of drug-likeness (QED) is 0.901. The van der Waals surface area contributed by atoms with Crippen LogP contribution in [0.4, 0.5) is 5.82 Å². The molecule has 0 amide bonds. The topological polar surface area (TPSA) is 66.3 Å². The van der Waals surface area contributed by atoms with E-state index >= 15 is 0 Å². The molecule has 1 N–H and O–H groups in total. The van der Waals surface area contributed by atoms with Gasteiger partial charge in [0.15, 0.2) is 0 Å². The van der Waals surface area contributed by atoms with Gasteiger partial charge in [-0.2, -0.15) is 0 Å². The molecule has 1 atom stereocenters. The lowest BCUT2D eigenvalue weighted by Gasteiger charge is -2.24.